The van der Waals surface area contributed by atoms with Crippen molar-refractivity contribution >= 4 is 33.4 Å². The van der Waals surface area contributed by atoms with Crippen LogP contribution in [-0.2, 0) is 9.59 Å². The van der Waals surface area contributed by atoms with Gasteiger partial charge in [-0.2, -0.15) is 0 Å². The van der Waals surface area contributed by atoms with Crippen LogP contribution in [0.25, 0.3) is 0 Å². The average molecular weight is 356 g/mol. The van der Waals surface area contributed by atoms with Gasteiger partial charge in [-0.15, -0.1) is 0 Å². The van der Waals surface area contributed by atoms with Crippen LogP contribution in [0.15, 0.2) is 28.7 Å². The van der Waals surface area contributed by atoms with Crippen LogP contribution >= 0.6 is 15.9 Å². The van der Waals surface area contributed by atoms with Crippen LogP contribution in [0, 0.1) is 0 Å². The number of rotatable bonds is 8. The molecule has 0 aliphatic rings. The van der Waals surface area contributed by atoms with Gasteiger partial charge in [-0.3, -0.25) is 9.59 Å². The first-order valence-corrected chi connectivity index (χ1v) is 7.86. The molecule has 0 heterocycles. The van der Waals surface area contributed by atoms with Gasteiger partial charge in [-0.05, 0) is 41.4 Å². The zero-order valence-corrected chi connectivity index (χ0v) is 14.0. The molecule has 1 aromatic rings. The maximum atomic E-state index is 11.7. The average Bonchev–Trinajstić information content (AvgIpc) is 2.46. The Hall–Kier alpha value is -1.40. The Balaban J connectivity index is 2.20. The van der Waals surface area contributed by atoms with E-state index >= 15 is 0 Å². The van der Waals surface area contributed by atoms with Crippen LogP contribution in [0.1, 0.15) is 26.7 Å². The van der Waals surface area contributed by atoms with E-state index < -0.39 is 0 Å². The van der Waals surface area contributed by atoms with E-state index in [4.69, 9.17) is 0 Å². The highest BCUT2D eigenvalue weighted by Gasteiger charge is 2.07. The van der Waals surface area contributed by atoms with E-state index in [1.54, 1.807) is 0 Å². The van der Waals surface area contributed by atoms with E-state index in [2.05, 4.69) is 31.9 Å². The first kappa shape index (κ1) is 17.7. The number of carbonyl (C=O) groups excluding carboxylic acids is 2. The molecule has 1 rings (SSSR count). The van der Waals surface area contributed by atoms with Gasteiger partial charge in [0.15, 0.2) is 0 Å². The highest BCUT2D eigenvalue weighted by atomic mass is 79.9. The molecule has 3 N–H and O–H groups in total. The molecule has 1 unspecified atom stereocenters. The summed E-state index contributed by atoms with van der Waals surface area (Å²) in [5.74, 6) is -0.132. The summed E-state index contributed by atoms with van der Waals surface area (Å²) in [5.41, 5.74) is 0.735. The summed E-state index contributed by atoms with van der Waals surface area (Å²) in [7, 11) is 0. The molecule has 1 aromatic carbocycles. The van der Waals surface area contributed by atoms with E-state index in [1.807, 2.05) is 38.1 Å². The molecular formula is C15H22BrN3O2. The third-order valence-corrected chi connectivity index (χ3v) is 3.67. The second-order valence-corrected chi connectivity index (χ2v) is 5.69. The predicted molar refractivity (Wildman–Crippen MR) is 88.2 cm³/mol. The van der Waals surface area contributed by atoms with E-state index in [9.17, 15) is 9.59 Å². The SMILES string of the molecule is CCC(C)NC(=O)CCNCC(=O)Nc1ccccc1Br. The van der Waals surface area contributed by atoms with Crippen molar-refractivity contribution < 1.29 is 9.59 Å². The molecular weight excluding hydrogens is 334 g/mol. The quantitative estimate of drug-likeness (QED) is 0.626. The predicted octanol–water partition coefficient (Wildman–Crippen LogP) is 2.28. The molecule has 0 saturated carbocycles. The standard InChI is InChI=1S/C15H22BrN3O2/c1-3-11(2)18-14(20)8-9-17-10-15(21)19-13-7-5-4-6-12(13)16/h4-7,11,17H,3,8-10H2,1-2H3,(H,18,20)(H,19,21). The molecule has 0 bridgehead atoms. The topological polar surface area (TPSA) is 70.2 Å². The van der Waals surface area contributed by atoms with Gasteiger partial charge in [0, 0.05) is 23.5 Å². The fourth-order valence-electron chi connectivity index (χ4n) is 1.61. The number of carbonyl (C=O) groups is 2. The first-order chi connectivity index (χ1) is 10.0. The van der Waals surface area contributed by atoms with Crippen molar-refractivity contribution in [1.82, 2.24) is 10.6 Å². The molecule has 6 heteroatoms. The molecule has 2 amide bonds. The molecule has 0 fully saturated rings. The largest absolute Gasteiger partial charge is 0.354 e. The summed E-state index contributed by atoms with van der Waals surface area (Å²) >= 11 is 3.37. The molecule has 1 atom stereocenters. The van der Waals surface area contributed by atoms with Crippen LogP contribution in [-0.4, -0.2) is 30.9 Å². The Kier molecular flexibility index (Phi) is 8.00. The van der Waals surface area contributed by atoms with Crippen LogP contribution in [0.3, 0.4) is 0 Å². The van der Waals surface area contributed by atoms with Crippen molar-refractivity contribution in [2.75, 3.05) is 18.4 Å². The number of nitrogens with one attached hydrogen (secondary N) is 3. The Morgan fingerprint density at radius 1 is 1.24 bits per heavy atom. The first-order valence-electron chi connectivity index (χ1n) is 7.07. The maximum Gasteiger partial charge on any atom is 0.238 e. The monoisotopic (exact) mass is 355 g/mol. The van der Waals surface area contributed by atoms with Gasteiger partial charge in [0.1, 0.15) is 0 Å². The summed E-state index contributed by atoms with van der Waals surface area (Å²) in [6.45, 7) is 4.65. The lowest BCUT2D eigenvalue weighted by Crippen LogP contribution is -2.35. The lowest BCUT2D eigenvalue weighted by Gasteiger charge is -2.11. The van der Waals surface area contributed by atoms with Crippen molar-refractivity contribution in [1.29, 1.82) is 0 Å². The van der Waals surface area contributed by atoms with E-state index in [1.165, 1.54) is 0 Å². The Labute approximate surface area is 134 Å². The molecule has 0 aromatic heterocycles. The Morgan fingerprint density at radius 3 is 2.62 bits per heavy atom. The smallest absolute Gasteiger partial charge is 0.238 e. The van der Waals surface area contributed by atoms with Gasteiger partial charge in [-0.25, -0.2) is 0 Å². The number of hydrogen-bond donors (Lipinski definition) is 3. The van der Waals surface area contributed by atoms with Gasteiger partial charge in [0.2, 0.25) is 11.8 Å². The number of hydrogen-bond acceptors (Lipinski definition) is 3. The molecule has 0 aliphatic carbocycles. The van der Waals surface area contributed by atoms with E-state index in [0.717, 1.165) is 16.6 Å². The summed E-state index contributed by atoms with van der Waals surface area (Å²) in [6, 6.07) is 7.61. The zero-order valence-electron chi connectivity index (χ0n) is 12.4. The summed E-state index contributed by atoms with van der Waals surface area (Å²) in [6.07, 6.45) is 1.28. The van der Waals surface area contributed by atoms with Crippen molar-refractivity contribution in [2.24, 2.45) is 0 Å². The minimum atomic E-state index is -0.135. The van der Waals surface area contributed by atoms with Crippen molar-refractivity contribution in [3.8, 4) is 0 Å². The normalized spacial score (nSPS) is 11.8. The second kappa shape index (κ2) is 9.52. The third-order valence-electron chi connectivity index (χ3n) is 2.98. The fourth-order valence-corrected chi connectivity index (χ4v) is 1.99. The van der Waals surface area contributed by atoms with Crippen LogP contribution in [0.4, 0.5) is 5.69 Å². The van der Waals surface area contributed by atoms with Crippen LogP contribution in [0.2, 0.25) is 0 Å². The molecule has 5 nitrogen and oxygen atoms in total. The minimum Gasteiger partial charge on any atom is -0.354 e. The number of halogens is 1. The van der Waals surface area contributed by atoms with Crippen molar-refractivity contribution in [3.63, 3.8) is 0 Å². The molecule has 0 radical (unpaired) electrons. The molecule has 0 spiro atoms. The summed E-state index contributed by atoms with van der Waals surface area (Å²) in [5, 5.41) is 8.63. The van der Waals surface area contributed by atoms with Gasteiger partial charge >= 0.3 is 0 Å². The van der Waals surface area contributed by atoms with Crippen molar-refractivity contribution in [3.05, 3.63) is 28.7 Å². The zero-order chi connectivity index (χ0) is 15.7. The van der Waals surface area contributed by atoms with Gasteiger partial charge in [-0.1, -0.05) is 19.1 Å². The highest BCUT2D eigenvalue weighted by molar-refractivity contribution is 9.10. The molecule has 0 aliphatic heterocycles. The number of para-hydroxylation sites is 1. The molecule has 21 heavy (non-hydrogen) atoms. The van der Waals surface area contributed by atoms with Gasteiger partial charge in [0.05, 0.1) is 12.2 Å². The lowest BCUT2D eigenvalue weighted by atomic mass is 10.2. The number of anilines is 1. The Morgan fingerprint density at radius 2 is 1.95 bits per heavy atom. The van der Waals surface area contributed by atoms with Crippen LogP contribution < -0.4 is 16.0 Å². The highest BCUT2D eigenvalue weighted by Crippen LogP contribution is 2.20. The fraction of sp³-hybridized carbons (Fsp3) is 0.467. The van der Waals surface area contributed by atoms with Gasteiger partial charge < -0.3 is 16.0 Å². The number of amides is 2. The summed E-state index contributed by atoms with van der Waals surface area (Å²) in [4.78, 5) is 23.3. The summed E-state index contributed by atoms with van der Waals surface area (Å²) < 4.78 is 0.839. The van der Waals surface area contributed by atoms with E-state index in [-0.39, 0.29) is 24.4 Å². The van der Waals surface area contributed by atoms with Crippen LogP contribution in [0.5, 0.6) is 0 Å². The third kappa shape index (κ3) is 7.24. The Bertz CT molecular complexity index is 480. The van der Waals surface area contributed by atoms with Gasteiger partial charge in [0.25, 0.3) is 0 Å². The minimum absolute atomic E-state index is 0.00284. The molecule has 116 valence electrons. The second-order valence-electron chi connectivity index (χ2n) is 4.83. The van der Waals surface area contributed by atoms with E-state index in [0.29, 0.717) is 13.0 Å². The van der Waals surface area contributed by atoms with Crippen molar-refractivity contribution in [2.45, 2.75) is 32.7 Å². The maximum absolute atomic E-state index is 11.7. The number of benzene rings is 1. The lowest BCUT2D eigenvalue weighted by molar-refractivity contribution is -0.122. The molecule has 0 saturated heterocycles.